The van der Waals surface area contributed by atoms with Crippen LogP contribution in [0.4, 0.5) is 0 Å². The van der Waals surface area contributed by atoms with Crippen molar-refractivity contribution in [1.29, 1.82) is 0 Å². The van der Waals surface area contributed by atoms with E-state index >= 15 is 0 Å². The maximum absolute atomic E-state index is 12.0. The molecule has 0 aliphatic carbocycles. The number of allylic oxidation sites excluding steroid dienone is 1. The number of carboxylic acids is 1. The molecule has 0 radical (unpaired) electrons. The second kappa shape index (κ2) is 11.3. The predicted molar refractivity (Wildman–Crippen MR) is 129 cm³/mol. The number of rotatable bonds is 12. The van der Waals surface area contributed by atoms with Crippen molar-refractivity contribution in [1.82, 2.24) is 0 Å². The largest absolute Gasteiger partial charge is 0.497 e. The lowest BCUT2D eigenvalue weighted by molar-refractivity contribution is -0.152. The number of hydrogen-bond donors (Lipinski definition) is 1. The van der Waals surface area contributed by atoms with Crippen molar-refractivity contribution in [3.8, 4) is 5.75 Å². The Balaban J connectivity index is 3.29. The Labute approximate surface area is 189 Å². The maximum atomic E-state index is 12.0. The molecule has 1 aromatic rings. The normalized spacial score (nSPS) is 17.3. The number of carbonyl (C=O) groups is 1. The molecule has 0 saturated carbocycles. The second-order valence-electron chi connectivity index (χ2n) is 10.0. The first-order valence-electron chi connectivity index (χ1n) is 11.0. The Bertz CT molecular complexity index is 708. The molecule has 0 unspecified atom stereocenters. The van der Waals surface area contributed by atoms with E-state index in [1.807, 2.05) is 30.3 Å². The first-order chi connectivity index (χ1) is 14.2. The molecule has 5 atom stereocenters. The van der Waals surface area contributed by atoms with E-state index < -0.39 is 32.4 Å². The molecule has 0 amide bonds. The van der Waals surface area contributed by atoms with Crippen LogP contribution in [-0.4, -0.2) is 38.7 Å². The van der Waals surface area contributed by atoms with Crippen molar-refractivity contribution in [2.45, 2.75) is 78.5 Å². The average Bonchev–Trinajstić information content (AvgIpc) is 2.70. The van der Waals surface area contributed by atoms with Gasteiger partial charge in [-0.1, -0.05) is 52.8 Å². The number of ether oxygens (including phenoxy) is 2. The number of methoxy groups -OCH3 is 1. The molecule has 5 nitrogen and oxygen atoms in total. The molecule has 0 aliphatic rings. The van der Waals surface area contributed by atoms with Crippen LogP contribution >= 0.6 is 0 Å². The Kier molecular flexibility index (Phi) is 9.99. The molecule has 1 rings (SSSR count). The van der Waals surface area contributed by atoms with Crippen LogP contribution in [0.5, 0.6) is 5.75 Å². The lowest BCUT2D eigenvalue weighted by Gasteiger charge is -2.44. The fraction of sp³-hybridized carbons (Fsp3) is 0.640. The fourth-order valence-corrected chi connectivity index (χ4v) is 4.46. The van der Waals surface area contributed by atoms with Gasteiger partial charge in [0.15, 0.2) is 8.32 Å². The van der Waals surface area contributed by atoms with Gasteiger partial charge < -0.3 is 19.0 Å². The molecular formula is C25H42O5Si. The quantitative estimate of drug-likeness (QED) is 0.306. The van der Waals surface area contributed by atoms with Gasteiger partial charge in [0, 0.05) is 0 Å². The van der Waals surface area contributed by atoms with E-state index in [0.717, 1.165) is 11.3 Å². The van der Waals surface area contributed by atoms with Crippen LogP contribution in [0.1, 0.15) is 47.1 Å². The lowest BCUT2D eigenvalue weighted by Crippen LogP contribution is -2.53. The van der Waals surface area contributed by atoms with E-state index in [0.29, 0.717) is 6.61 Å². The summed E-state index contributed by atoms with van der Waals surface area (Å²) < 4.78 is 18.4. The van der Waals surface area contributed by atoms with Gasteiger partial charge in [-0.3, -0.25) is 4.79 Å². The number of hydrogen-bond acceptors (Lipinski definition) is 4. The third-order valence-corrected chi connectivity index (χ3v) is 11.2. The van der Waals surface area contributed by atoms with Gasteiger partial charge in [-0.15, -0.1) is 6.58 Å². The van der Waals surface area contributed by atoms with Gasteiger partial charge in [0.2, 0.25) is 0 Å². The summed E-state index contributed by atoms with van der Waals surface area (Å²) in [5, 5.41) is 9.82. The van der Waals surface area contributed by atoms with E-state index in [1.54, 1.807) is 14.0 Å². The Morgan fingerprint density at radius 2 is 1.68 bits per heavy atom. The van der Waals surface area contributed by atoms with Crippen LogP contribution in [-0.2, 0) is 20.6 Å². The molecule has 0 saturated heterocycles. The van der Waals surface area contributed by atoms with Gasteiger partial charge in [-0.25, -0.2) is 0 Å². The highest BCUT2D eigenvalue weighted by molar-refractivity contribution is 6.74. The summed E-state index contributed by atoms with van der Waals surface area (Å²) >= 11 is 0. The van der Waals surface area contributed by atoms with Gasteiger partial charge in [0.05, 0.1) is 31.8 Å². The molecule has 1 aromatic carbocycles. The smallest absolute Gasteiger partial charge is 0.308 e. The fourth-order valence-electron chi connectivity index (χ4n) is 3.09. The summed E-state index contributed by atoms with van der Waals surface area (Å²) in [5.41, 5.74) is 0.998. The van der Waals surface area contributed by atoms with E-state index in [1.165, 1.54) is 0 Å². The summed E-state index contributed by atoms with van der Waals surface area (Å²) in [5.74, 6) is -0.609. The van der Waals surface area contributed by atoms with E-state index in [9.17, 15) is 9.90 Å². The summed E-state index contributed by atoms with van der Waals surface area (Å²) in [6, 6.07) is 7.71. The van der Waals surface area contributed by atoms with E-state index in [-0.39, 0.29) is 16.9 Å². The summed E-state index contributed by atoms with van der Waals surface area (Å²) in [4.78, 5) is 12.0. The van der Waals surface area contributed by atoms with Crippen molar-refractivity contribution in [3.05, 3.63) is 42.5 Å². The summed E-state index contributed by atoms with van der Waals surface area (Å²) in [6.07, 6.45) is 0.938. The Morgan fingerprint density at radius 3 is 2.10 bits per heavy atom. The highest BCUT2D eigenvalue weighted by atomic mass is 28.4. The zero-order valence-electron chi connectivity index (χ0n) is 20.8. The van der Waals surface area contributed by atoms with Crippen molar-refractivity contribution < 1.29 is 23.8 Å². The molecule has 0 heterocycles. The van der Waals surface area contributed by atoms with Crippen LogP contribution in [0.2, 0.25) is 18.1 Å². The minimum absolute atomic E-state index is 0.0346. The number of benzene rings is 1. The van der Waals surface area contributed by atoms with Crippen molar-refractivity contribution in [3.63, 3.8) is 0 Å². The molecule has 6 heteroatoms. The number of carboxylic acid groups (broad SMARTS) is 1. The first-order valence-corrected chi connectivity index (χ1v) is 13.9. The van der Waals surface area contributed by atoms with Crippen LogP contribution in [0.3, 0.4) is 0 Å². The molecule has 1 N–H and O–H groups in total. The molecule has 31 heavy (non-hydrogen) atoms. The lowest BCUT2D eigenvalue weighted by atomic mass is 9.84. The second-order valence-corrected chi connectivity index (χ2v) is 14.8. The van der Waals surface area contributed by atoms with Crippen molar-refractivity contribution >= 4 is 14.3 Å². The molecule has 0 aliphatic heterocycles. The van der Waals surface area contributed by atoms with Gasteiger partial charge in [0.1, 0.15) is 5.75 Å². The van der Waals surface area contributed by atoms with Crippen LogP contribution < -0.4 is 4.74 Å². The molecule has 176 valence electrons. The van der Waals surface area contributed by atoms with Gasteiger partial charge in [-0.05, 0) is 54.6 Å². The summed E-state index contributed by atoms with van der Waals surface area (Å²) in [6.45, 7) is 21.0. The molecule has 0 bridgehead atoms. The standard InChI is InChI=1S/C25H42O5Si/c1-11-17(2)18(3)22(29-16-20-12-14-21(28-8)15-13-20)23(19(4)24(26)27)30-31(9,10)25(5,6)7/h11-15,17-19,22-23H,1,16H2,2-10H3,(H,26,27)/t17-,18+,19+,22-,23+/m1/s1. The zero-order chi connectivity index (χ0) is 24.0. The summed E-state index contributed by atoms with van der Waals surface area (Å²) in [7, 11) is -0.602. The highest BCUT2D eigenvalue weighted by Gasteiger charge is 2.45. The zero-order valence-corrected chi connectivity index (χ0v) is 21.8. The highest BCUT2D eigenvalue weighted by Crippen LogP contribution is 2.40. The van der Waals surface area contributed by atoms with Crippen molar-refractivity contribution in [2.75, 3.05) is 7.11 Å². The third kappa shape index (κ3) is 7.47. The van der Waals surface area contributed by atoms with Crippen LogP contribution in [0.25, 0.3) is 0 Å². The average molecular weight is 451 g/mol. The predicted octanol–water partition coefficient (Wildman–Crippen LogP) is 6.15. The minimum atomic E-state index is -2.24. The third-order valence-electron chi connectivity index (χ3n) is 6.76. The van der Waals surface area contributed by atoms with Gasteiger partial charge in [-0.2, -0.15) is 0 Å². The minimum Gasteiger partial charge on any atom is -0.497 e. The number of aliphatic carboxylic acids is 1. The molecule has 0 fully saturated rings. The molecule has 0 spiro atoms. The Hall–Kier alpha value is -1.63. The van der Waals surface area contributed by atoms with Crippen molar-refractivity contribution in [2.24, 2.45) is 17.8 Å². The monoisotopic (exact) mass is 450 g/mol. The van der Waals surface area contributed by atoms with E-state index in [4.69, 9.17) is 13.9 Å². The Morgan fingerprint density at radius 1 is 1.13 bits per heavy atom. The topological polar surface area (TPSA) is 65.0 Å². The van der Waals surface area contributed by atoms with E-state index in [2.05, 4.69) is 54.3 Å². The maximum Gasteiger partial charge on any atom is 0.308 e. The SMILES string of the molecule is C=C[C@@H](C)[C@H](C)[C@@H](OCc1ccc(OC)cc1)[C@@H](O[Si](C)(C)C(C)(C)C)[C@H](C)C(=O)O. The first kappa shape index (κ1) is 27.4. The van der Waals surface area contributed by atoms with Gasteiger partial charge in [0.25, 0.3) is 0 Å². The van der Waals surface area contributed by atoms with Gasteiger partial charge >= 0.3 is 5.97 Å². The molecule has 0 aromatic heterocycles. The van der Waals surface area contributed by atoms with Crippen LogP contribution in [0.15, 0.2) is 36.9 Å². The van der Waals surface area contributed by atoms with Crippen LogP contribution in [0, 0.1) is 17.8 Å². The molecular weight excluding hydrogens is 408 g/mol.